The highest BCUT2D eigenvalue weighted by Crippen LogP contribution is 2.21. The molecule has 1 heterocycles. The number of hydrogen-bond acceptors (Lipinski definition) is 2. The molecule has 0 atom stereocenters. The smallest absolute Gasteiger partial charge is 0.253 e. The Kier molecular flexibility index (Phi) is 4.66. The van der Waals surface area contributed by atoms with Gasteiger partial charge in [0, 0.05) is 38.7 Å². The van der Waals surface area contributed by atoms with Crippen molar-refractivity contribution in [2.45, 2.75) is 26.7 Å². The SMILES string of the molecule is Cc1ccc(C(=O)N2CCC(C(=O)N(C)C)CC2)cc1C. The molecule has 4 nitrogen and oxygen atoms in total. The van der Waals surface area contributed by atoms with E-state index < -0.39 is 0 Å². The van der Waals surface area contributed by atoms with Gasteiger partial charge in [-0.3, -0.25) is 9.59 Å². The van der Waals surface area contributed by atoms with E-state index in [1.165, 1.54) is 5.56 Å². The first-order valence-corrected chi connectivity index (χ1v) is 7.48. The predicted molar refractivity (Wildman–Crippen MR) is 83.2 cm³/mol. The second-order valence-corrected chi connectivity index (χ2v) is 6.10. The standard InChI is InChI=1S/C17H24N2O2/c1-12-5-6-15(11-13(12)2)17(21)19-9-7-14(8-10-19)16(20)18(3)4/h5-6,11,14H,7-10H2,1-4H3. The van der Waals surface area contributed by atoms with Crippen molar-refractivity contribution >= 4 is 11.8 Å². The third-order valence-corrected chi connectivity index (χ3v) is 4.33. The van der Waals surface area contributed by atoms with Crippen LogP contribution in [0.3, 0.4) is 0 Å². The van der Waals surface area contributed by atoms with Crippen LogP contribution in [0.2, 0.25) is 0 Å². The van der Waals surface area contributed by atoms with Crippen molar-refractivity contribution in [2.24, 2.45) is 5.92 Å². The normalized spacial score (nSPS) is 15.9. The Bertz CT molecular complexity index is 544. The Morgan fingerprint density at radius 1 is 1.10 bits per heavy atom. The average Bonchev–Trinajstić information content (AvgIpc) is 2.48. The zero-order chi connectivity index (χ0) is 15.6. The zero-order valence-electron chi connectivity index (χ0n) is 13.3. The lowest BCUT2D eigenvalue weighted by molar-refractivity contribution is -0.134. The highest BCUT2D eigenvalue weighted by Gasteiger charge is 2.28. The lowest BCUT2D eigenvalue weighted by atomic mass is 9.95. The molecule has 2 rings (SSSR count). The zero-order valence-corrected chi connectivity index (χ0v) is 13.3. The maximum absolute atomic E-state index is 12.5. The first-order chi connectivity index (χ1) is 9.90. The second kappa shape index (κ2) is 6.29. The molecule has 0 radical (unpaired) electrons. The number of benzene rings is 1. The van der Waals surface area contributed by atoms with Gasteiger partial charge in [-0.15, -0.1) is 0 Å². The van der Waals surface area contributed by atoms with Crippen molar-refractivity contribution in [2.75, 3.05) is 27.2 Å². The van der Waals surface area contributed by atoms with Gasteiger partial charge in [-0.25, -0.2) is 0 Å². The van der Waals surface area contributed by atoms with Crippen LogP contribution in [-0.4, -0.2) is 48.8 Å². The molecular formula is C17H24N2O2. The van der Waals surface area contributed by atoms with Gasteiger partial charge >= 0.3 is 0 Å². The third-order valence-electron chi connectivity index (χ3n) is 4.33. The third kappa shape index (κ3) is 3.43. The van der Waals surface area contributed by atoms with Gasteiger partial charge < -0.3 is 9.80 Å². The van der Waals surface area contributed by atoms with E-state index in [9.17, 15) is 9.59 Å². The van der Waals surface area contributed by atoms with E-state index in [1.54, 1.807) is 19.0 Å². The van der Waals surface area contributed by atoms with Gasteiger partial charge in [0.15, 0.2) is 0 Å². The summed E-state index contributed by atoms with van der Waals surface area (Å²) in [7, 11) is 3.57. The molecule has 0 bridgehead atoms. The molecule has 1 aromatic carbocycles. The molecule has 4 heteroatoms. The molecule has 1 aliphatic heterocycles. The Balaban J connectivity index is 2.00. The highest BCUT2D eigenvalue weighted by atomic mass is 16.2. The monoisotopic (exact) mass is 288 g/mol. The number of aryl methyl sites for hydroxylation is 2. The maximum atomic E-state index is 12.5. The van der Waals surface area contributed by atoms with E-state index in [4.69, 9.17) is 0 Å². The topological polar surface area (TPSA) is 40.6 Å². The van der Waals surface area contributed by atoms with Gasteiger partial charge in [0.2, 0.25) is 5.91 Å². The van der Waals surface area contributed by atoms with E-state index in [2.05, 4.69) is 0 Å². The van der Waals surface area contributed by atoms with Gasteiger partial charge in [-0.2, -0.15) is 0 Å². The minimum Gasteiger partial charge on any atom is -0.349 e. The summed E-state index contributed by atoms with van der Waals surface area (Å²) in [5.74, 6) is 0.311. The summed E-state index contributed by atoms with van der Waals surface area (Å²) < 4.78 is 0. The fourth-order valence-electron chi connectivity index (χ4n) is 2.75. The summed E-state index contributed by atoms with van der Waals surface area (Å²) >= 11 is 0. The van der Waals surface area contributed by atoms with Crippen LogP contribution in [0.25, 0.3) is 0 Å². The Labute approximate surface area is 126 Å². The average molecular weight is 288 g/mol. The van der Waals surface area contributed by atoms with E-state index in [0.717, 1.165) is 24.0 Å². The molecule has 1 aliphatic rings. The predicted octanol–water partition coefficient (Wildman–Crippen LogP) is 2.24. The number of carbonyl (C=O) groups excluding carboxylic acids is 2. The quantitative estimate of drug-likeness (QED) is 0.837. The van der Waals surface area contributed by atoms with Crippen molar-refractivity contribution in [1.29, 1.82) is 0 Å². The number of hydrogen-bond donors (Lipinski definition) is 0. The van der Waals surface area contributed by atoms with Gasteiger partial charge in [0.05, 0.1) is 0 Å². The van der Waals surface area contributed by atoms with Gasteiger partial charge in [0.25, 0.3) is 5.91 Å². The van der Waals surface area contributed by atoms with Crippen molar-refractivity contribution in [3.63, 3.8) is 0 Å². The highest BCUT2D eigenvalue weighted by molar-refractivity contribution is 5.94. The minimum absolute atomic E-state index is 0.0591. The van der Waals surface area contributed by atoms with Crippen LogP contribution in [0.5, 0.6) is 0 Å². The molecule has 21 heavy (non-hydrogen) atoms. The molecular weight excluding hydrogens is 264 g/mol. The van der Waals surface area contributed by atoms with Crippen LogP contribution in [0.4, 0.5) is 0 Å². The first kappa shape index (κ1) is 15.5. The van der Waals surface area contributed by atoms with E-state index in [-0.39, 0.29) is 17.7 Å². The van der Waals surface area contributed by atoms with Crippen LogP contribution in [-0.2, 0) is 4.79 Å². The Morgan fingerprint density at radius 2 is 1.71 bits per heavy atom. The fourth-order valence-corrected chi connectivity index (χ4v) is 2.75. The molecule has 2 amide bonds. The first-order valence-electron chi connectivity index (χ1n) is 7.48. The summed E-state index contributed by atoms with van der Waals surface area (Å²) in [6, 6.07) is 5.83. The van der Waals surface area contributed by atoms with Gasteiger partial charge in [0.1, 0.15) is 0 Å². The van der Waals surface area contributed by atoms with E-state index in [1.807, 2.05) is 36.9 Å². The largest absolute Gasteiger partial charge is 0.349 e. The molecule has 1 saturated heterocycles. The van der Waals surface area contributed by atoms with E-state index >= 15 is 0 Å². The molecule has 0 aromatic heterocycles. The number of likely N-dealkylation sites (tertiary alicyclic amines) is 1. The van der Waals surface area contributed by atoms with Crippen LogP contribution >= 0.6 is 0 Å². The van der Waals surface area contributed by atoms with E-state index in [0.29, 0.717) is 13.1 Å². The van der Waals surface area contributed by atoms with Crippen molar-refractivity contribution < 1.29 is 9.59 Å². The van der Waals surface area contributed by atoms with Gasteiger partial charge in [-0.1, -0.05) is 6.07 Å². The number of piperidine rings is 1. The Morgan fingerprint density at radius 3 is 2.24 bits per heavy atom. The van der Waals surface area contributed by atoms with Crippen molar-refractivity contribution in [3.8, 4) is 0 Å². The van der Waals surface area contributed by atoms with Crippen LogP contribution < -0.4 is 0 Å². The van der Waals surface area contributed by atoms with Crippen molar-refractivity contribution in [1.82, 2.24) is 9.80 Å². The second-order valence-electron chi connectivity index (χ2n) is 6.10. The van der Waals surface area contributed by atoms with Gasteiger partial charge in [-0.05, 0) is 49.9 Å². The van der Waals surface area contributed by atoms with Crippen LogP contribution in [0.15, 0.2) is 18.2 Å². The van der Waals surface area contributed by atoms with Crippen LogP contribution in [0.1, 0.15) is 34.3 Å². The lowest BCUT2D eigenvalue weighted by Gasteiger charge is -2.32. The summed E-state index contributed by atoms with van der Waals surface area (Å²) in [6.07, 6.45) is 1.52. The summed E-state index contributed by atoms with van der Waals surface area (Å²) in [6.45, 7) is 5.39. The number of nitrogens with zero attached hydrogens (tertiary/aromatic N) is 2. The number of rotatable bonds is 2. The maximum Gasteiger partial charge on any atom is 0.253 e. The summed E-state index contributed by atoms with van der Waals surface area (Å²) in [4.78, 5) is 28.0. The summed E-state index contributed by atoms with van der Waals surface area (Å²) in [5, 5.41) is 0. The molecule has 0 aliphatic carbocycles. The summed E-state index contributed by atoms with van der Waals surface area (Å²) in [5.41, 5.74) is 3.08. The number of amides is 2. The Hall–Kier alpha value is -1.84. The molecule has 0 unspecified atom stereocenters. The molecule has 114 valence electrons. The molecule has 1 aromatic rings. The fraction of sp³-hybridized carbons (Fsp3) is 0.529. The van der Waals surface area contributed by atoms with Crippen molar-refractivity contribution in [3.05, 3.63) is 34.9 Å². The lowest BCUT2D eigenvalue weighted by Crippen LogP contribution is -2.42. The molecule has 0 saturated carbocycles. The molecule has 1 fully saturated rings. The molecule has 0 N–H and O–H groups in total. The minimum atomic E-state index is 0.0591. The van der Waals surface area contributed by atoms with Crippen LogP contribution in [0, 0.1) is 19.8 Å². The molecule has 0 spiro atoms. The number of carbonyl (C=O) groups is 2.